The normalized spacial score (nSPS) is 7.45. The number of halogens is 2. The molecule has 0 aromatic rings. The van der Waals surface area contributed by atoms with Gasteiger partial charge in [0.1, 0.15) is 0 Å². The Kier molecular flexibility index (Phi) is 28.9. The van der Waals surface area contributed by atoms with Gasteiger partial charge in [0, 0.05) is 0 Å². The fraction of sp³-hybridized carbons (Fsp3) is 1.00. The molecule has 0 atom stereocenters. The Balaban J connectivity index is -0.000000320. The molecule has 0 saturated heterocycles. The number of rotatable bonds is 6. The number of hydrogen-bond donors (Lipinski definition) is 0. The zero-order chi connectivity index (χ0) is 6.95. The van der Waals surface area contributed by atoms with E-state index in [2.05, 4.69) is 13.8 Å². The molecule has 11 heavy (non-hydrogen) atoms. The quantitative estimate of drug-likeness (QED) is 0.459. The van der Waals surface area contributed by atoms with Gasteiger partial charge in [-0.1, -0.05) is 0 Å². The summed E-state index contributed by atoms with van der Waals surface area (Å²) in [7, 11) is 0. The largest absolute Gasteiger partial charge is 1.00 e. The summed E-state index contributed by atoms with van der Waals surface area (Å²) in [6, 6.07) is 0. The van der Waals surface area contributed by atoms with Crippen LogP contribution in [-0.2, 0) is 29.7 Å². The maximum absolute atomic E-state index is 5.23. The van der Waals surface area contributed by atoms with E-state index in [9.17, 15) is 0 Å². The third kappa shape index (κ3) is 18.4. The number of hydrogen-bond acceptors (Lipinski definition) is 2. The van der Waals surface area contributed by atoms with Crippen LogP contribution in [0.5, 0.6) is 0 Å². The van der Waals surface area contributed by atoms with Crippen LogP contribution in [0.15, 0.2) is 0 Å². The van der Waals surface area contributed by atoms with Crippen LogP contribution in [0.1, 0.15) is 26.7 Å². The Morgan fingerprint density at radius 3 is 1.55 bits per heavy atom. The standard InChI is InChI=1S/2C3H7O.2ClH.Zr/c2*1-2-3-4;;;/h2*2-3H2,1H3;2*1H;/q2*-1;;;+4/p-2. The zero-order valence-electron chi connectivity index (χ0n) is 6.90. The molecule has 0 saturated carbocycles. The molecule has 0 heterocycles. The molecule has 0 radical (unpaired) electrons. The summed E-state index contributed by atoms with van der Waals surface area (Å²) in [6.07, 6.45) is 2.21. The minimum Gasteiger partial charge on any atom is -1.00 e. The van der Waals surface area contributed by atoms with E-state index in [0.717, 1.165) is 26.1 Å². The van der Waals surface area contributed by atoms with E-state index in [1.807, 2.05) is 0 Å². The van der Waals surface area contributed by atoms with Gasteiger partial charge >= 0.3 is 69.6 Å². The molecule has 0 aliphatic heterocycles. The fourth-order valence-electron chi connectivity index (χ4n) is 0.329. The van der Waals surface area contributed by atoms with Crippen molar-refractivity contribution in [3.05, 3.63) is 0 Å². The first kappa shape index (κ1) is 18.2. The second-order valence-corrected chi connectivity index (χ2v) is 3.61. The first-order valence-electron chi connectivity index (χ1n) is 3.40. The van der Waals surface area contributed by atoms with Gasteiger partial charge < -0.3 is 24.8 Å². The Hall–Kier alpha value is 1.38. The van der Waals surface area contributed by atoms with Crippen molar-refractivity contribution in [1.82, 2.24) is 0 Å². The maximum Gasteiger partial charge on any atom is -1.00 e. The fourth-order valence-corrected chi connectivity index (χ4v) is 1.95. The Labute approximate surface area is 94.0 Å². The maximum atomic E-state index is 5.23. The molecular weight excluding hydrogens is 266 g/mol. The molecule has 0 aliphatic carbocycles. The van der Waals surface area contributed by atoms with Gasteiger partial charge in [0.15, 0.2) is 0 Å². The summed E-state index contributed by atoms with van der Waals surface area (Å²) >= 11 is -0.851. The van der Waals surface area contributed by atoms with Crippen molar-refractivity contribution < 1.29 is 54.6 Å². The van der Waals surface area contributed by atoms with Crippen molar-refractivity contribution in [2.45, 2.75) is 26.7 Å². The minimum absolute atomic E-state index is 0. The van der Waals surface area contributed by atoms with Crippen molar-refractivity contribution >= 4 is 0 Å². The van der Waals surface area contributed by atoms with E-state index in [4.69, 9.17) is 5.63 Å². The van der Waals surface area contributed by atoms with Crippen LogP contribution in [-0.4, -0.2) is 13.2 Å². The predicted molar refractivity (Wildman–Crippen MR) is 32.5 cm³/mol. The van der Waals surface area contributed by atoms with Crippen LogP contribution in [0, 0.1) is 0 Å². The molecule has 0 aliphatic rings. The van der Waals surface area contributed by atoms with Crippen molar-refractivity contribution in [2.24, 2.45) is 0 Å². The van der Waals surface area contributed by atoms with Gasteiger partial charge in [-0.05, 0) is 0 Å². The van der Waals surface area contributed by atoms with E-state index < -0.39 is 24.1 Å². The van der Waals surface area contributed by atoms with Crippen LogP contribution in [0.3, 0.4) is 0 Å². The first-order chi connectivity index (χ1) is 4.41. The van der Waals surface area contributed by atoms with Crippen LogP contribution >= 0.6 is 0 Å². The summed E-state index contributed by atoms with van der Waals surface area (Å²) in [5.41, 5.74) is 0. The van der Waals surface area contributed by atoms with Crippen molar-refractivity contribution in [1.29, 1.82) is 0 Å². The Morgan fingerprint density at radius 2 is 1.27 bits per heavy atom. The summed E-state index contributed by atoms with van der Waals surface area (Å²) in [5.74, 6) is 0. The first-order valence-corrected chi connectivity index (χ1v) is 5.41. The second-order valence-electron chi connectivity index (χ2n) is 1.78. The van der Waals surface area contributed by atoms with E-state index in [0.29, 0.717) is 0 Å². The predicted octanol–water partition coefficient (Wildman–Crippen LogP) is -4.24. The smallest absolute Gasteiger partial charge is 1.00 e. The van der Waals surface area contributed by atoms with Gasteiger partial charge in [0.05, 0.1) is 0 Å². The summed E-state index contributed by atoms with van der Waals surface area (Å²) in [6.45, 7) is 5.99. The molecular formula is C6H14Cl2O2Zr. The van der Waals surface area contributed by atoms with E-state index in [1.165, 1.54) is 0 Å². The van der Waals surface area contributed by atoms with Gasteiger partial charge in [-0.25, -0.2) is 0 Å². The van der Waals surface area contributed by atoms with Crippen molar-refractivity contribution in [2.75, 3.05) is 13.2 Å². The summed E-state index contributed by atoms with van der Waals surface area (Å²) < 4.78 is 10.5. The molecule has 0 bridgehead atoms. The minimum atomic E-state index is -0.851. The molecule has 0 spiro atoms. The van der Waals surface area contributed by atoms with E-state index in [1.54, 1.807) is 0 Å². The van der Waals surface area contributed by atoms with Gasteiger partial charge in [0.2, 0.25) is 0 Å². The van der Waals surface area contributed by atoms with Gasteiger partial charge in [-0.3, -0.25) is 0 Å². The van der Waals surface area contributed by atoms with Gasteiger partial charge in [0.25, 0.3) is 0 Å². The van der Waals surface area contributed by atoms with Crippen LogP contribution in [0.4, 0.5) is 0 Å². The Bertz CT molecular complexity index is 51.8. The van der Waals surface area contributed by atoms with E-state index in [-0.39, 0.29) is 24.8 Å². The SMILES string of the molecule is CCC[O][Zr+2][O]CCC.[Cl-].[Cl-]. The molecule has 0 unspecified atom stereocenters. The van der Waals surface area contributed by atoms with Gasteiger partial charge in [-0.2, -0.15) is 0 Å². The monoisotopic (exact) mass is 278 g/mol. The topological polar surface area (TPSA) is 18.5 Å². The molecule has 5 heteroatoms. The molecule has 0 fully saturated rings. The summed E-state index contributed by atoms with van der Waals surface area (Å²) in [5, 5.41) is 0. The third-order valence-corrected chi connectivity index (χ3v) is 2.31. The Morgan fingerprint density at radius 1 is 0.909 bits per heavy atom. The molecule has 0 aromatic heterocycles. The summed E-state index contributed by atoms with van der Waals surface area (Å²) in [4.78, 5) is 0. The van der Waals surface area contributed by atoms with Crippen molar-refractivity contribution in [3.63, 3.8) is 0 Å². The second kappa shape index (κ2) is 17.5. The van der Waals surface area contributed by atoms with E-state index >= 15 is 0 Å². The van der Waals surface area contributed by atoms with Crippen LogP contribution < -0.4 is 24.8 Å². The van der Waals surface area contributed by atoms with Crippen LogP contribution in [0.2, 0.25) is 0 Å². The molecule has 68 valence electrons. The average Bonchev–Trinajstić information content (AvgIpc) is 1.89. The molecule has 0 amide bonds. The van der Waals surface area contributed by atoms with Crippen molar-refractivity contribution in [3.8, 4) is 0 Å². The molecule has 0 rings (SSSR count). The third-order valence-electron chi connectivity index (χ3n) is 0.730. The zero-order valence-corrected chi connectivity index (χ0v) is 10.9. The molecule has 0 N–H and O–H groups in total. The van der Waals surface area contributed by atoms with Crippen LogP contribution in [0.25, 0.3) is 0 Å². The van der Waals surface area contributed by atoms with Gasteiger partial charge in [-0.15, -0.1) is 0 Å². The average molecular weight is 280 g/mol. The molecule has 2 nitrogen and oxygen atoms in total. The molecule has 0 aromatic carbocycles.